The van der Waals surface area contributed by atoms with E-state index in [1.165, 1.54) is 13.8 Å². The molecule has 1 rings (SSSR count). The van der Waals surface area contributed by atoms with E-state index in [0.29, 0.717) is 11.1 Å². The topological polar surface area (TPSA) is 12.0 Å². The van der Waals surface area contributed by atoms with Crippen molar-refractivity contribution in [3.8, 4) is 0 Å². The largest absolute Gasteiger partial charge is 0.416 e. The Bertz CT molecular complexity index is 374. The Kier molecular flexibility index (Phi) is 5.20. The van der Waals surface area contributed by atoms with E-state index in [1.807, 2.05) is 7.05 Å². The van der Waals surface area contributed by atoms with Crippen LogP contribution in [-0.2, 0) is 12.6 Å². The van der Waals surface area contributed by atoms with Crippen LogP contribution in [0, 0.1) is 13.8 Å². The molecule has 0 unspecified atom stereocenters. The Morgan fingerprint density at radius 2 is 1.61 bits per heavy atom. The number of hydrogen-bond donors (Lipinski definition) is 1. The molecule has 0 bridgehead atoms. The quantitative estimate of drug-likeness (QED) is 0.792. The molecule has 1 aromatic carbocycles. The van der Waals surface area contributed by atoms with Crippen molar-refractivity contribution in [3.05, 3.63) is 34.4 Å². The average Bonchev–Trinajstić information content (AvgIpc) is 2.21. The van der Waals surface area contributed by atoms with Crippen molar-refractivity contribution in [1.29, 1.82) is 0 Å². The van der Waals surface area contributed by atoms with Crippen LogP contribution in [-0.4, -0.2) is 13.6 Å². The summed E-state index contributed by atoms with van der Waals surface area (Å²) in [6.45, 7) is 4.01. The number of benzene rings is 1. The van der Waals surface area contributed by atoms with Crippen molar-refractivity contribution >= 4 is 0 Å². The fourth-order valence-electron chi connectivity index (χ4n) is 2.28. The van der Waals surface area contributed by atoms with E-state index in [9.17, 15) is 13.2 Å². The van der Waals surface area contributed by atoms with Crippen LogP contribution >= 0.6 is 0 Å². The van der Waals surface area contributed by atoms with Gasteiger partial charge in [0.2, 0.25) is 0 Å². The number of alkyl halides is 3. The fraction of sp³-hybridized carbons (Fsp3) is 0.571. The van der Waals surface area contributed by atoms with Gasteiger partial charge in [-0.25, -0.2) is 0 Å². The predicted octanol–water partition coefficient (Wildman–Crippen LogP) is 3.86. The van der Waals surface area contributed by atoms with Crippen LogP contribution in [0.15, 0.2) is 12.1 Å². The molecule has 102 valence electrons. The van der Waals surface area contributed by atoms with E-state index in [2.05, 4.69) is 5.32 Å². The Balaban J connectivity index is 2.80. The molecular formula is C14H20F3N. The maximum atomic E-state index is 12.8. The summed E-state index contributed by atoms with van der Waals surface area (Å²) < 4.78 is 38.4. The van der Waals surface area contributed by atoms with Crippen molar-refractivity contribution in [1.82, 2.24) is 5.32 Å². The maximum absolute atomic E-state index is 12.8. The zero-order valence-electron chi connectivity index (χ0n) is 11.1. The first-order valence-corrected chi connectivity index (χ1v) is 6.18. The molecule has 0 saturated heterocycles. The van der Waals surface area contributed by atoms with Crippen molar-refractivity contribution in [2.75, 3.05) is 13.6 Å². The third-order valence-corrected chi connectivity index (χ3v) is 3.02. The summed E-state index contributed by atoms with van der Waals surface area (Å²) in [7, 11) is 1.90. The molecule has 0 heterocycles. The highest BCUT2D eigenvalue weighted by molar-refractivity contribution is 5.39. The first-order valence-electron chi connectivity index (χ1n) is 6.18. The highest BCUT2D eigenvalue weighted by Crippen LogP contribution is 2.35. The second-order valence-corrected chi connectivity index (χ2v) is 4.66. The first kappa shape index (κ1) is 15.0. The van der Waals surface area contributed by atoms with Crippen LogP contribution in [0.4, 0.5) is 13.2 Å². The number of hydrogen-bond acceptors (Lipinski definition) is 1. The average molecular weight is 259 g/mol. The molecule has 0 aliphatic heterocycles. The molecular weight excluding hydrogens is 239 g/mol. The predicted molar refractivity (Wildman–Crippen MR) is 67.8 cm³/mol. The minimum atomic E-state index is -4.25. The van der Waals surface area contributed by atoms with E-state index in [0.717, 1.165) is 31.4 Å². The van der Waals surface area contributed by atoms with Crippen molar-refractivity contribution in [3.63, 3.8) is 0 Å². The molecule has 0 aromatic heterocycles. The van der Waals surface area contributed by atoms with E-state index in [4.69, 9.17) is 0 Å². The lowest BCUT2D eigenvalue weighted by Gasteiger charge is -2.15. The minimum absolute atomic E-state index is 0.325. The third-order valence-electron chi connectivity index (χ3n) is 3.02. The van der Waals surface area contributed by atoms with Crippen molar-refractivity contribution in [2.45, 2.75) is 39.3 Å². The van der Waals surface area contributed by atoms with E-state index < -0.39 is 11.7 Å². The molecule has 0 amide bonds. The van der Waals surface area contributed by atoms with Crippen LogP contribution in [0.2, 0.25) is 0 Å². The molecule has 1 N–H and O–H groups in total. The SMILES string of the molecule is CNCCCCc1cc(C)c(C(F)(F)F)c(C)c1. The molecule has 0 saturated carbocycles. The number of nitrogens with one attached hydrogen (secondary N) is 1. The molecule has 0 radical (unpaired) electrons. The number of rotatable bonds is 5. The lowest BCUT2D eigenvalue weighted by atomic mass is 9.96. The van der Waals surface area contributed by atoms with Gasteiger partial charge in [0.05, 0.1) is 5.56 Å². The van der Waals surface area contributed by atoms with E-state index >= 15 is 0 Å². The summed E-state index contributed by atoms with van der Waals surface area (Å²) in [5, 5.41) is 3.06. The van der Waals surface area contributed by atoms with Gasteiger partial charge in [0, 0.05) is 0 Å². The third kappa shape index (κ3) is 4.02. The number of aryl methyl sites for hydroxylation is 3. The summed E-state index contributed by atoms with van der Waals surface area (Å²) in [6, 6.07) is 3.32. The van der Waals surface area contributed by atoms with Gasteiger partial charge in [-0.05, 0) is 63.4 Å². The second kappa shape index (κ2) is 6.23. The smallest absolute Gasteiger partial charge is 0.320 e. The highest BCUT2D eigenvalue weighted by atomic mass is 19.4. The van der Waals surface area contributed by atoms with Crippen LogP contribution in [0.3, 0.4) is 0 Å². The van der Waals surface area contributed by atoms with E-state index in [-0.39, 0.29) is 0 Å². The zero-order chi connectivity index (χ0) is 13.8. The van der Waals surface area contributed by atoms with Gasteiger partial charge >= 0.3 is 6.18 Å². The van der Waals surface area contributed by atoms with Gasteiger partial charge in [-0.3, -0.25) is 0 Å². The molecule has 4 heteroatoms. The Hall–Kier alpha value is -1.03. The summed E-state index contributed by atoms with van der Waals surface area (Å²) in [6.07, 6.45) is -1.39. The Morgan fingerprint density at radius 1 is 1.06 bits per heavy atom. The highest BCUT2D eigenvalue weighted by Gasteiger charge is 2.34. The maximum Gasteiger partial charge on any atom is 0.416 e. The lowest BCUT2D eigenvalue weighted by molar-refractivity contribution is -0.138. The van der Waals surface area contributed by atoms with Gasteiger partial charge in [-0.2, -0.15) is 13.2 Å². The molecule has 0 aliphatic carbocycles. The van der Waals surface area contributed by atoms with Crippen LogP contribution < -0.4 is 5.32 Å². The van der Waals surface area contributed by atoms with Crippen LogP contribution in [0.5, 0.6) is 0 Å². The first-order chi connectivity index (χ1) is 8.36. The molecule has 0 atom stereocenters. The monoisotopic (exact) mass is 259 g/mol. The van der Waals surface area contributed by atoms with Gasteiger partial charge in [0.1, 0.15) is 0 Å². The summed E-state index contributed by atoms with van der Waals surface area (Å²) in [4.78, 5) is 0. The van der Waals surface area contributed by atoms with Gasteiger partial charge in [-0.1, -0.05) is 12.1 Å². The van der Waals surface area contributed by atoms with Crippen LogP contribution in [0.1, 0.15) is 35.1 Å². The lowest BCUT2D eigenvalue weighted by Crippen LogP contribution is -2.11. The molecule has 18 heavy (non-hydrogen) atoms. The zero-order valence-corrected chi connectivity index (χ0v) is 11.1. The Morgan fingerprint density at radius 3 is 2.06 bits per heavy atom. The molecule has 1 aromatic rings. The second-order valence-electron chi connectivity index (χ2n) is 4.66. The van der Waals surface area contributed by atoms with Gasteiger partial charge in [0.25, 0.3) is 0 Å². The van der Waals surface area contributed by atoms with Gasteiger partial charge in [-0.15, -0.1) is 0 Å². The standard InChI is InChI=1S/C14H20F3N/c1-10-8-12(6-4-5-7-18-3)9-11(2)13(10)14(15,16)17/h8-9,18H,4-7H2,1-3H3. The number of halogens is 3. The van der Waals surface area contributed by atoms with E-state index in [1.54, 1.807) is 12.1 Å². The van der Waals surface area contributed by atoms with Gasteiger partial charge in [0.15, 0.2) is 0 Å². The molecule has 0 aliphatic rings. The summed E-state index contributed by atoms with van der Waals surface area (Å²) >= 11 is 0. The summed E-state index contributed by atoms with van der Waals surface area (Å²) in [5.41, 5.74) is 1.16. The summed E-state index contributed by atoms with van der Waals surface area (Å²) in [5.74, 6) is 0. The fourth-order valence-corrected chi connectivity index (χ4v) is 2.28. The van der Waals surface area contributed by atoms with Crippen molar-refractivity contribution < 1.29 is 13.2 Å². The minimum Gasteiger partial charge on any atom is -0.320 e. The molecule has 0 fully saturated rings. The Labute approximate surface area is 106 Å². The van der Waals surface area contributed by atoms with Gasteiger partial charge < -0.3 is 5.32 Å². The van der Waals surface area contributed by atoms with Crippen LogP contribution in [0.25, 0.3) is 0 Å². The number of unbranched alkanes of at least 4 members (excludes halogenated alkanes) is 1. The normalized spacial score (nSPS) is 11.9. The molecule has 0 spiro atoms. The molecule has 1 nitrogen and oxygen atoms in total. The van der Waals surface area contributed by atoms with Crippen molar-refractivity contribution in [2.24, 2.45) is 0 Å².